The number of rotatable bonds is 6. The largest absolute Gasteiger partial charge is 0.508 e. The summed E-state index contributed by atoms with van der Waals surface area (Å²) in [5, 5.41) is 19.3. The second-order valence-corrected chi connectivity index (χ2v) is 6.26. The minimum Gasteiger partial charge on any atom is -0.508 e. The summed E-state index contributed by atoms with van der Waals surface area (Å²) in [4.78, 5) is 14.3. The molecule has 0 bridgehead atoms. The smallest absolute Gasteiger partial charge is 0.241 e. The molecular formula is C19H22FN3O3. The molecule has 2 atom stereocenters. The van der Waals surface area contributed by atoms with E-state index in [1.807, 2.05) is 6.07 Å². The zero-order chi connectivity index (χ0) is 18.5. The Labute approximate surface area is 151 Å². The van der Waals surface area contributed by atoms with Crippen LogP contribution in [-0.2, 0) is 11.3 Å². The molecule has 3 rings (SSSR count). The maximum atomic E-state index is 13.9. The number of aromatic hydroxyl groups is 1. The third kappa shape index (κ3) is 4.01. The molecule has 0 saturated carbocycles. The molecule has 138 valence electrons. The minimum atomic E-state index is -0.530. The van der Waals surface area contributed by atoms with E-state index < -0.39 is 6.04 Å². The van der Waals surface area contributed by atoms with Crippen LogP contribution < -0.4 is 10.9 Å². The van der Waals surface area contributed by atoms with Crippen LogP contribution in [0.1, 0.15) is 23.6 Å². The van der Waals surface area contributed by atoms with Crippen molar-refractivity contribution in [2.75, 3.05) is 13.2 Å². The Morgan fingerprint density at radius 2 is 1.88 bits per heavy atom. The second kappa shape index (κ2) is 8.27. The zero-order valence-corrected chi connectivity index (χ0v) is 14.2. The number of nitrogens with zero attached hydrogens (tertiary/aromatic N) is 1. The Morgan fingerprint density at radius 1 is 1.15 bits per heavy atom. The van der Waals surface area contributed by atoms with Gasteiger partial charge in [-0.25, -0.2) is 15.2 Å². The molecule has 2 unspecified atom stereocenters. The van der Waals surface area contributed by atoms with Gasteiger partial charge in [0.05, 0.1) is 12.6 Å². The number of benzene rings is 2. The lowest BCUT2D eigenvalue weighted by Gasteiger charge is -2.25. The van der Waals surface area contributed by atoms with Crippen molar-refractivity contribution in [2.45, 2.75) is 25.0 Å². The number of carbonyl (C=O) groups is 1. The van der Waals surface area contributed by atoms with Crippen molar-refractivity contribution in [3.63, 3.8) is 0 Å². The monoisotopic (exact) mass is 359 g/mol. The van der Waals surface area contributed by atoms with E-state index in [9.17, 15) is 19.4 Å². The maximum Gasteiger partial charge on any atom is 0.241 e. The molecule has 6 nitrogen and oxygen atoms in total. The Bertz CT molecular complexity index is 771. The number of hydrogen-bond acceptors (Lipinski definition) is 5. The highest BCUT2D eigenvalue weighted by Gasteiger charge is 2.33. The number of nitrogens with one attached hydrogen (secondary N) is 2. The molecule has 1 heterocycles. The fraction of sp³-hybridized carbons (Fsp3) is 0.316. The summed E-state index contributed by atoms with van der Waals surface area (Å²) in [6.07, 6.45) is 0.440. The zero-order valence-electron chi connectivity index (χ0n) is 14.2. The predicted molar refractivity (Wildman–Crippen MR) is 94.4 cm³/mol. The highest BCUT2D eigenvalue weighted by molar-refractivity contribution is 5.82. The van der Waals surface area contributed by atoms with Gasteiger partial charge in [-0.15, -0.1) is 0 Å². The standard InChI is InChI=1S/C19H22FN3O3/c20-15-7-3-1-5-13(15)12-23(9-10-24)19(26)17-11-16(21-22-17)14-6-2-4-8-18(14)25/h1-8,16-17,21-22,24-25H,9-12H2. The Kier molecular flexibility index (Phi) is 5.82. The number of amides is 1. The Hall–Kier alpha value is -2.48. The average molecular weight is 359 g/mol. The van der Waals surface area contributed by atoms with E-state index in [-0.39, 0.29) is 43.2 Å². The SMILES string of the molecule is O=C(C1CC(c2ccccc2O)NN1)N(CCO)Cc1ccccc1F. The molecule has 1 aliphatic heterocycles. The molecule has 1 fully saturated rings. The van der Waals surface area contributed by atoms with Gasteiger partial charge in [0, 0.05) is 24.2 Å². The van der Waals surface area contributed by atoms with Crippen molar-refractivity contribution in [1.29, 1.82) is 0 Å². The van der Waals surface area contributed by atoms with E-state index in [4.69, 9.17) is 0 Å². The quantitative estimate of drug-likeness (QED) is 0.628. The summed E-state index contributed by atoms with van der Waals surface area (Å²) in [6.45, 7) is 0.00133. The van der Waals surface area contributed by atoms with Gasteiger partial charge in [0.2, 0.25) is 5.91 Å². The molecule has 0 radical (unpaired) electrons. The van der Waals surface area contributed by atoms with Crippen LogP contribution in [0.3, 0.4) is 0 Å². The van der Waals surface area contributed by atoms with Crippen LogP contribution >= 0.6 is 0 Å². The predicted octanol–water partition coefficient (Wildman–Crippen LogP) is 1.46. The topological polar surface area (TPSA) is 84.8 Å². The number of aliphatic hydroxyl groups is 1. The van der Waals surface area contributed by atoms with Crippen molar-refractivity contribution in [3.05, 3.63) is 65.5 Å². The first-order chi connectivity index (χ1) is 12.6. The molecule has 2 aromatic rings. The van der Waals surface area contributed by atoms with Gasteiger partial charge >= 0.3 is 0 Å². The molecule has 4 N–H and O–H groups in total. The number of hydrazine groups is 1. The first kappa shape index (κ1) is 18.3. The molecule has 7 heteroatoms. The second-order valence-electron chi connectivity index (χ2n) is 6.26. The summed E-state index contributed by atoms with van der Waals surface area (Å²) in [5.74, 6) is -0.445. The highest BCUT2D eigenvalue weighted by atomic mass is 19.1. The van der Waals surface area contributed by atoms with Crippen molar-refractivity contribution in [2.24, 2.45) is 0 Å². The molecule has 0 aromatic heterocycles. The lowest BCUT2D eigenvalue weighted by molar-refractivity contribution is -0.134. The molecule has 1 amide bonds. The lowest BCUT2D eigenvalue weighted by Crippen LogP contribution is -2.46. The van der Waals surface area contributed by atoms with Crippen LogP contribution in [0.2, 0.25) is 0 Å². The number of carbonyl (C=O) groups excluding carboxylic acids is 1. The van der Waals surface area contributed by atoms with E-state index >= 15 is 0 Å². The molecule has 1 saturated heterocycles. The molecule has 0 aliphatic carbocycles. The average Bonchev–Trinajstić information content (AvgIpc) is 3.13. The van der Waals surface area contributed by atoms with Crippen LogP contribution in [0, 0.1) is 5.82 Å². The number of halogens is 1. The van der Waals surface area contributed by atoms with E-state index in [2.05, 4.69) is 10.9 Å². The number of aliphatic hydroxyl groups excluding tert-OH is 1. The third-order valence-electron chi connectivity index (χ3n) is 4.51. The van der Waals surface area contributed by atoms with Crippen molar-refractivity contribution in [1.82, 2.24) is 15.8 Å². The number of para-hydroxylation sites is 1. The minimum absolute atomic E-state index is 0.0888. The Balaban J connectivity index is 1.70. The number of hydrogen-bond donors (Lipinski definition) is 4. The third-order valence-corrected chi connectivity index (χ3v) is 4.51. The fourth-order valence-electron chi connectivity index (χ4n) is 3.14. The normalized spacial score (nSPS) is 19.5. The molecule has 0 spiro atoms. The van der Waals surface area contributed by atoms with E-state index in [0.717, 1.165) is 0 Å². The van der Waals surface area contributed by atoms with Crippen molar-refractivity contribution < 1.29 is 19.4 Å². The van der Waals surface area contributed by atoms with Gasteiger partial charge in [-0.2, -0.15) is 0 Å². The summed E-state index contributed by atoms with van der Waals surface area (Å²) in [5.41, 5.74) is 7.07. The van der Waals surface area contributed by atoms with Gasteiger partial charge in [0.15, 0.2) is 0 Å². The Morgan fingerprint density at radius 3 is 2.62 bits per heavy atom. The highest BCUT2D eigenvalue weighted by Crippen LogP contribution is 2.29. The van der Waals surface area contributed by atoms with Crippen LogP contribution in [0.15, 0.2) is 48.5 Å². The molecule has 1 aliphatic rings. The van der Waals surface area contributed by atoms with Gasteiger partial charge in [-0.05, 0) is 18.6 Å². The van der Waals surface area contributed by atoms with Gasteiger partial charge < -0.3 is 15.1 Å². The summed E-state index contributed by atoms with van der Waals surface area (Å²) in [7, 11) is 0. The summed E-state index contributed by atoms with van der Waals surface area (Å²) < 4.78 is 13.9. The number of phenolic OH excluding ortho intramolecular Hbond substituents is 1. The first-order valence-electron chi connectivity index (χ1n) is 8.52. The summed E-state index contributed by atoms with van der Waals surface area (Å²) in [6, 6.07) is 12.5. The molecule has 26 heavy (non-hydrogen) atoms. The summed E-state index contributed by atoms with van der Waals surface area (Å²) >= 11 is 0. The van der Waals surface area contributed by atoms with E-state index in [1.165, 1.54) is 11.0 Å². The van der Waals surface area contributed by atoms with Crippen LogP contribution in [0.5, 0.6) is 5.75 Å². The fourth-order valence-corrected chi connectivity index (χ4v) is 3.14. The maximum absolute atomic E-state index is 13.9. The molecular weight excluding hydrogens is 337 g/mol. The van der Waals surface area contributed by atoms with Crippen molar-refractivity contribution in [3.8, 4) is 5.75 Å². The number of phenols is 1. The van der Waals surface area contributed by atoms with Crippen LogP contribution in [-0.4, -0.2) is 40.2 Å². The van der Waals surface area contributed by atoms with E-state index in [0.29, 0.717) is 17.5 Å². The van der Waals surface area contributed by atoms with Gasteiger partial charge in [-0.3, -0.25) is 4.79 Å². The first-order valence-corrected chi connectivity index (χ1v) is 8.52. The molecule has 2 aromatic carbocycles. The van der Waals surface area contributed by atoms with Crippen LogP contribution in [0.4, 0.5) is 4.39 Å². The van der Waals surface area contributed by atoms with Gasteiger partial charge in [0.1, 0.15) is 17.6 Å². The van der Waals surface area contributed by atoms with Gasteiger partial charge in [-0.1, -0.05) is 36.4 Å². The van der Waals surface area contributed by atoms with Crippen LogP contribution in [0.25, 0.3) is 0 Å². The van der Waals surface area contributed by atoms with Gasteiger partial charge in [0.25, 0.3) is 0 Å². The van der Waals surface area contributed by atoms with E-state index in [1.54, 1.807) is 36.4 Å². The lowest BCUT2D eigenvalue weighted by atomic mass is 10.0. The van der Waals surface area contributed by atoms with Crippen molar-refractivity contribution >= 4 is 5.91 Å².